The minimum atomic E-state index is -0.316. The Hall–Kier alpha value is -3.06. The number of anilines is 1. The van der Waals surface area contributed by atoms with E-state index in [4.69, 9.17) is 16.0 Å². The largest absolute Gasteiger partial charge is 0.459 e. The Morgan fingerprint density at radius 1 is 1.19 bits per heavy atom. The molecule has 0 radical (unpaired) electrons. The highest BCUT2D eigenvalue weighted by molar-refractivity contribution is 6.30. The summed E-state index contributed by atoms with van der Waals surface area (Å²) in [4.78, 5) is 27.0. The number of amides is 2. The van der Waals surface area contributed by atoms with Crippen molar-refractivity contribution in [3.05, 3.63) is 65.2 Å². The van der Waals surface area contributed by atoms with Gasteiger partial charge in [0.15, 0.2) is 5.76 Å². The van der Waals surface area contributed by atoms with Crippen LogP contribution >= 0.6 is 11.6 Å². The lowest BCUT2D eigenvalue weighted by Crippen LogP contribution is -2.38. The molecule has 3 aromatic rings. The molecule has 0 aliphatic carbocycles. The van der Waals surface area contributed by atoms with Gasteiger partial charge in [0, 0.05) is 23.0 Å². The molecule has 2 aromatic heterocycles. The van der Waals surface area contributed by atoms with Crippen molar-refractivity contribution in [1.82, 2.24) is 14.7 Å². The van der Waals surface area contributed by atoms with Gasteiger partial charge < -0.3 is 14.6 Å². The van der Waals surface area contributed by atoms with Gasteiger partial charge in [-0.25, -0.2) is 4.68 Å². The molecular formula is C23H27ClN4O3. The van der Waals surface area contributed by atoms with E-state index in [1.165, 1.54) is 11.2 Å². The maximum atomic E-state index is 12.9. The highest BCUT2D eigenvalue weighted by Crippen LogP contribution is 2.27. The molecule has 1 aromatic carbocycles. The molecule has 3 rings (SSSR count). The molecule has 2 amide bonds. The molecule has 0 unspecified atom stereocenters. The molecule has 2 heterocycles. The van der Waals surface area contributed by atoms with E-state index < -0.39 is 0 Å². The number of aromatic nitrogens is 2. The summed E-state index contributed by atoms with van der Waals surface area (Å²) < 4.78 is 6.88. The zero-order chi connectivity index (χ0) is 22.6. The van der Waals surface area contributed by atoms with E-state index in [9.17, 15) is 9.59 Å². The summed E-state index contributed by atoms with van der Waals surface area (Å²) >= 11 is 6.02. The first-order chi connectivity index (χ1) is 14.7. The zero-order valence-electron chi connectivity index (χ0n) is 18.2. The molecule has 1 N–H and O–H groups in total. The Balaban J connectivity index is 1.84. The van der Waals surface area contributed by atoms with Crippen LogP contribution in [0.1, 0.15) is 50.4 Å². The van der Waals surface area contributed by atoms with Crippen LogP contribution in [0.5, 0.6) is 0 Å². The minimum Gasteiger partial charge on any atom is -0.459 e. The Labute approximate surface area is 187 Å². The van der Waals surface area contributed by atoms with Gasteiger partial charge in [-0.05, 0) is 42.8 Å². The van der Waals surface area contributed by atoms with E-state index in [1.54, 1.807) is 28.9 Å². The summed E-state index contributed by atoms with van der Waals surface area (Å²) in [5, 5.41) is 8.21. The maximum Gasteiger partial charge on any atom is 0.290 e. The molecule has 0 atom stereocenters. The van der Waals surface area contributed by atoms with Crippen LogP contribution in [0.4, 0.5) is 5.82 Å². The Kier molecular flexibility index (Phi) is 6.85. The Bertz CT molecular complexity index is 1030. The fourth-order valence-corrected chi connectivity index (χ4v) is 3.18. The number of rotatable bonds is 7. The van der Waals surface area contributed by atoms with Crippen LogP contribution in [-0.2, 0) is 10.2 Å². The summed E-state index contributed by atoms with van der Waals surface area (Å²) in [7, 11) is 0. The average Bonchev–Trinajstić information content (AvgIpc) is 3.38. The van der Waals surface area contributed by atoms with Crippen molar-refractivity contribution in [2.75, 3.05) is 18.4 Å². The van der Waals surface area contributed by atoms with E-state index in [2.05, 4.69) is 31.2 Å². The number of carbonyl (C=O) groups is 2. The summed E-state index contributed by atoms with van der Waals surface area (Å²) in [6.45, 7) is 8.46. The van der Waals surface area contributed by atoms with Crippen molar-refractivity contribution in [3.63, 3.8) is 0 Å². The monoisotopic (exact) mass is 442 g/mol. The third-order valence-electron chi connectivity index (χ3n) is 4.66. The summed E-state index contributed by atoms with van der Waals surface area (Å²) in [5.74, 6) is 0.106. The van der Waals surface area contributed by atoms with Crippen LogP contribution in [0.2, 0.25) is 5.02 Å². The van der Waals surface area contributed by atoms with Gasteiger partial charge in [0.05, 0.1) is 17.6 Å². The maximum absolute atomic E-state index is 12.9. The second-order valence-electron chi connectivity index (χ2n) is 8.31. The lowest BCUT2D eigenvalue weighted by atomic mass is 9.92. The third kappa shape index (κ3) is 5.55. The number of carbonyl (C=O) groups excluding carboxylic acids is 2. The highest BCUT2D eigenvalue weighted by atomic mass is 35.5. The number of nitrogens with one attached hydrogen (secondary N) is 1. The fourth-order valence-electron chi connectivity index (χ4n) is 3.05. The first-order valence-corrected chi connectivity index (χ1v) is 10.6. The van der Waals surface area contributed by atoms with Gasteiger partial charge in [-0.3, -0.25) is 9.59 Å². The van der Waals surface area contributed by atoms with Crippen molar-refractivity contribution in [3.8, 4) is 5.69 Å². The smallest absolute Gasteiger partial charge is 0.290 e. The molecule has 0 aliphatic rings. The molecule has 8 heteroatoms. The van der Waals surface area contributed by atoms with Crippen molar-refractivity contribution >= 4 is 29.2 Å². The second kappa shape index (κ2) is 9.39. The van der Waals surface area contributed by atoms with Crippen molar-refractivity contribution < 1.29 is 14.0 Å². The van der Waals surface area contributed by atoms with E-state index in [-0.39, 0.29) is 29.5 Å². The van der Waals surface area contributed by atoms with E-state index >= 15 is 0 Å². The number of benzene rings is 1. The van der Waals surface area contributed by atoms with E-state index in [0.717, 1.165) is 17.8 Å². The lowest BCUT2D eigenvalue weighted by Gasteiger charge is -2.20. The van der Waals surface area contributed by atoms with Gasteiger partial charge in [-0.15, -0.1) is 0 Å². The van der Waals surface area contributed by atoms with Crippen LogP contribution in [-0.4, -0.2) is 39.6 Å². The number of nitrogens with zero attached hydrogens (tertiary/aromatic N) is 3. The number of hydrogen-bond acceptors (Lipinski definition) is 4. The van der Waals surface area contributed by atoms with E-state index in [0.29, 0.717) is 17.4 Å². The number of halogens is 1. The number of furan rings is 1. The quantitative estimate of drug-likeness (QED) is 0.563. The molecule has 31 heavy (non-hydrogen) atoms. The molecule has 0 bridgehead atoms. The van der Waals surface area contributed by atoms with Gasteiger partial charge in [0.1, 0.15) is 12.4 Å². The van der Waals surface area contributed by atoms with Crippen molar-refractivity contribution in [2.24, 2.45) is 0 Å². The van der Waals surface area contributed by atoms with Gasteiger partial charge in [-0.2, -0.15) is 5.10 Å². The Morgan fingerprint density at radius 2 is 1.90 bits per heavy atom. The molecule has 0 fully saturated rings. The first kappa shape index (κ1) is 22.6. The molecule has 164 valence electrons. The molecule has 7 nitrogen and oxygen atoms in total. The van der Waals surface area contributed by atoms with Crippen molar-refractivity contribution in [2.45, 2.75) is 39.5 Å². The van der Waals surface area contributed by atoms with Crippen molar-refractivity contribution in [1.29, 1.82) is 0 Å². The molecule has 0 saturated carbocycles. The highest BCUT2D eigenvalue weighted by Gasteiger charge is 2.24. The summed E-state index contributed by atoms with van der Waals surface area (Å²) in [6.07, 6.45) is 2.16. The number of hydrogen-bond donors (Lipinski definition) is 1. The van der Waals surface area contributed by atoms with Gasteiger partial charge in [0.2, 0.25) is 5.91 Å². The zero-order valence-corrected chi connectivity index (χ0v) is 18.9. The van der Waals surface area contributed by atoms with Gasteiger partial charge in [0.25, 0.3) is 5.91 Å². The SMILES string of the molecule is CCCN(CC(=O)Nc1cc(C(C)(C)C)nn1-c1ccc(Cl)cc1)C(=O)c1ccco1. The van der Waals surface area contributed by atoms with Gasteiger partial charge >= 0.3 is 0 Å². The van der Waals surface area contributed by atoms with Crippen LogP contribution in [0.3, 0.4) is 0 Å². The first-order valence-electron chi connectivity index (χ1n) is 10.2. The summed E-state index contributed by atoms with van der Waals surface area (Å²) in [6, 6.07) is 12.3. The Morgan fingerprint density at radius 3 is 2.48 bits per heavy atom. The fraction of sp³-hybridized carbons (Fsp3) is 0.348. The predicted octanol–water partition coefficient (Wildman–Crippen LogP) is 4.91. The molecule has 0 spiro atoms. The predicted molar refractivity (Wildman–Crippen MR) is 121 cm³/mol. The molecule has 0 saturated heterocycles. The lowest BCUT2D eigenvalue weighted by molar-refractivity contribution is -0.117. The minimum absolute atomic E-state index is 0.0932. The van der Waals surface area contributed by atoms with Crippen LogP contribution in [0.15, 0.2) is 53.1 Å². The van der Waals surface area contributed by atoms with Crippen LogP contribution < -0.4 is 5.32 Å². The van der Waals surface area contributed by atoms with Gasteiger partial charge in [-0.1, -0.05) is 39.3 Å². The standard InChI is InChI=1S/C23H27ClN4O3/c1-5-12-27(22(30)18-7-6-13-31-18)15-21(29)25-20-14-19(23(2,3)4)26-28(20)17-10-8-16(24)9-11-17/h6-11,13-14H,5,12,15H2,1-4H3,(H,25,29). The van der Waals surface area contributed by atoms with Crippen LogP contribution in [0, 0.1) is 0 Å². The van der Waals surface area contributed by atoms with E-state index in [1.807, 2.05) is 25.1 Å². The molecule has 0 aliphatic heterocycles. The molecular weight excluding hydrogens is 416 g/mol. The average molecular weight is 443 g/mol. The third-order valence-corrected chi connectivity index (χ3v) is 4.92. The topological polar surface area (TPSA) is 80.4 Å². The summed E-state index contributed by atoms with van der Waals surface area (Å²) in [5.41, 5.74) is 1.39. The normalized spacial score (nSPS) is 11.4. The second-order valence-corrected chi connectivity index (χ2v) is 8.74. The van der Waals surface area contributed by atoms with Crippen LogP contribution in [0.25, 0.3) is 5.69 Å².